The molecule has 1 aromatic heterocycles. The van der Waals surface area contributed by atoms with E-state index in [-0.39, 0.29) is 19.1 Å². The Morgan fingerprint density at radius 1 is 1.25 bits per heavy atom. The Kier molecular flexibility index (Phi) is 8.55. The van der Waals surface area contributed by atoms with Crippen molar-refractivity contribution in [1.29, 1.82) is 0 Å². The van der Waals surface area contributed by atoms with Crippen molar-refractivity contribution >= 4 is 39.9 Å². The standard InChI is InChI=1S/C17H19N3O4S.C2HF3O2/c1-11-4-2-3-5-13(11)19-15-14(18-10-25-15)16(21)20-6-7-24-9-12(8-20)17(22)23;3-2(4,5)1(6)7/h2-5,10,12,19H,6-9H2,1H3,(H,22,23);(H,6,7). The van der Waals surface area contributed by atoms with Gasteiger partial charge in [-0.3, -0.25) is 9.59 Å². The Morgan fingerprint density at radius 3 is 2.50 bits per heavy atom. The van der Waals surface area contributed by atoms with Gasteiger partial charge in [0.15, 0.2) is 5.69 Å². The molecular formula is C19H20F3N3O6S. The van der Waals surface area contributed by atoms with Gasteiger partial charge in [-0.15, -0.1) is 11.3 Å². The van der Waals surface area contributed by atoms with E-state index in [4.69, 9.17) is 14.6 Å². The molecule has 2 aromatic rings. The molecule has 1 aromatic carbocycles. The van der Waals surface area contributed by atoms with Crippen LogP contribution in [0.3, 0.4) is 0 Å². The first-order chi connectivity index (χ1) is 15.0. The molecule has 32 heavy (non-hydrogen) atoms. The van der Waals surface area contributed by atoms with Crippen LogP contribution in [-0.4, -0.2) is 70.4 Å². The third kappa shape index (κ3) is 6.92. The zero-order chi connectivity index (χ0) is 23.9. The number of hydrogen-bond acceptors (Lipinski definition) is 7. The molecule has 0 saturated carbocycles. The molecule has 0 spiro atoms. The van der Waals surface area contributed by atoms with Gasteiger partial charge in [-0.1, -0.05) is 18.2 Å². The number of ether oxygens (including phenoxy) is 1. The van der Waals surface area contributed by atoms with Gasteiger partial charge in [-0.25, -0.2) is 9.78 Å². The third-order valence-corrected chi connectivity index (χ3v) is 5.05. The minimum Gasteiger partial charge on any atom is -0.481 e. The van der Waals surface area contributed by atoms with Crippen molar-refractivity contribution in [1.82, 2.24) is 9.88 Å². The minimum absolute atomic E-state index is 0.116. The van der Waals surface area contributed by atoms with Crippen LogP contribution in [0.25, 0.3) is 0 Å². The largest absolute Gasteiger partial charge is 0.490 e. The van der Waals surface area contributed by atoms with Gasteiger partial charge >= 0.3 is 18.1 Å². The monoisotopic (exact) mass is 475 g/mol. The number of aryl methyl sites for hydroxylation is 1. The fraction of sp³-hybridized carbons (Fsp3) is 0.368. The average molecular weight is 475 g/mol. The number of amides is 1. The highest BCUT2D eigenvalue weighted by Crippen LogP contribution is 2.28. The van der Waals surface area contributed by atoms with E-state index in [0.717, 1.165) is 11.3 Å². The highest BCUT2D eigenvalue weighted by Gasteiger charge is 2.38. The number of rotatable bonds is 4. The number of benzene rings is 1. The summed E-state index contributed by atoms with van der Waals surface area (Å²) in [6.07, 6.45) is -5.08. The second-order valence-electron chi connectivity index (χ2n) is 6.63. The Bertz CT molecular complexity index is 966. The number of aromatic nitrogens is 1. The normalized spacial score (nSPS) is 16.4. The number of aliphatic carboxylic acids is 2. The SMILES string of the molecule is Cc1ccccc1Nc1scnc1C(=O)N1CCOCC(C(=O)O)C1.O=C(O)C(F)(F)F. The molecule has 0 radical (unpaired) electrons. The van der Waals surface area contributed by atoms with Crippen LogP contribution in [-0.2, 0) is 14.3 Å². The molecule has 13 heteroatoms. The van der Waals surface area contributed by atoms with Crippen LogP contribution in [0.5, 0.6) is 0 Å². The first kappa shape index (κ1) is 25.1. The van der Waals surface area contributed by atoms with Crippen molar-refractivity contribution in [3.63, 3.8) is 0 Å². The second-order valence-corrected chi connectivity index (χ2v) is 7.49. The van der Waals surface area contributed by atoms with Crippen LogP contribution in [0.2, 0.25) is 0 Å². The highest BCUT2D eigenvalue weighted by atomic mass is 32.1. The molecule has 1 fully saturated rings. The maximum absolute atomic E-state index is 12.9. The van der Waals surface area contributed by atoms with Gasteiger partial charge in [0.25, 0.3) is 5.91 Å². The van der Waals surface area contributed by atoms with Crippen molar-refractivity contribution in [2.24, 2.45) is 5.92 Å². The first-order valence-electron chi connectivity index (χ1n) is 9.16. The van der Waals surface area contributed by atoms with Crippen molar-refractivity contribution in [3.05, 3.63) is 41.0 Å². The second kappa shape index (κ2) is 10.9. The van der Waals surface area contributed by atoms with E-state index in [1.54, 1.807) is 5.51 Å². The quantitative estimate of drug-likeness (QED) is 0.616. The first-order valence-corrected chi connectivity index (χ1v) is 10.0. The summed E-state index contributed by atoms with van der Waals surface area (Å²) in [5.74, 6) is -4.73. The Balaban J connectivity index is 0.000000451. The Labute approximate surface area is 184 Å². The number of nitrogens with zero attached hydrogens (tertiary/aromatic N) is 2. The van der Waals surface area contributed by atoms with Gasteiger partial charge in [0, 0.05) is 18.8 Å². The molecule has 1 aliphatic rings. The van der Waals surface area contributed by atoms with Crippen LogP contribution in [0, 0.1) is 12.8 Å². The number of carboxylic acids is 2. The molecule has 1 aliphatic heterocycles. The van der Waals surface area contributed by atoms with Crippen molar-refractivity contribution in [2.45, 2.75) is 13.1 Å². The molecule has 174 valence electrons. The number of carbonyl (C=O) groups excluding carboxylic acids is 1. The topological polar surface area (TPSA) is 129 Å². The lowest BCUT2D eigenvalue weighted by molar-refractivity contribution is -0.192. The molecule has 0 aliphatic carbocycles. The summed E-state index contributed by atoms with van der Waals surface area (Å²) in [6.45, 7) is 2.89. The van der Waals surface area contributed by atoms with E-state index in [1.165, 1.54) is 16.2 Å². The fourth-order valence-corrected chi connectivity index (χ4v) is 3.30. The number of halogens is 3. The lowest BCUT2D eigenvalue weighted by Gasteiger charge is -2.21. The van der Waals surface area contributed by atoms with Crippen molar-refractivity contribution in [3.8, 4) is 0 Å². The molecule has 2 heterocycles. The average Bonchev–Trinajstić information content (AvgIpc) is 3.02. The van der Waals surface area contributed by atoms with Gasteiger partial charge in [0.1, 0.15) is 5.00 Å². The summed E-state index contributed by atoms with van der Waals surface area (Å²) < 4.78 is 37.0. The maximum atomic E-state index is 12.9. The summed E-state index contributed by atoms with van der Waals surface area (Å²) in [5, 5.41) is 20.3. The van der Waals surface area contributed by atoms with Crippen LogP contribution >= 0.6 is 11.3 Å². The van der Waals surface area contributed by atoms with Crippen LogP contribution in [0.1, 0.15) is 16.1 Å². The zero-order valence-corrected chi connectivity index (χ0v) is 17.6. The Morgan fingerprint density at radius 2 is 1.91 bits per heavy atom. The molecule has 3 rings (SSSR count). The van der Waals surface area contributed by atoms with Crippen LogP contribution < -0.4 is 5.32 Å². The number of nitrogens with one attached hydrogen (secondary N) is 1. The number of carbonyl (C=O) groups is 3. The van der Waals surface area contributed by atoms with Crippen LogP contribution in [0.4, 0.5) is 23.9 Å². The van der Waals surface area contributed by atoms with E-state index in [9.17, 15) is 27.9 Å². The molecule has 3 N–H and O–H groups in total. The van der Waals surface area contributed by atoms with E-state index < -0.39 is 24.0 Å². The summed E-state index contributed by atoms with van der Waals surface area (Å²) in [4.78, 5) is 38.7. The molecule has 1 atom stereocenters. The van der Waals surface area contributed by atoms with Gasteiger partial charge < -0.3 is 25.2 Å². The van der Waals surface area contributed by atoms with E-state index in [1.807, 2.05) is 31.2 Å². The highest BCUT2D eigenvalue weighted by molar-refractivity contribution is 7.14. The predicted molar refractivity (Wildman–Crippen MR) is 108 cm³/mol. The Hall–Kier alpha value is -3.19. The molecule has 9 nitrogen and oxygen atoms in total. The van der Waals surface area contributed by atoms with Crippen molar-refractivity contribution in [2.75, 3.05) is 31.6 Å². The smallest absolute Gasteiger partial charge is 0.481 e. The maximum Gasteiger partial charge on any atom is 0.490 e. The number of para-hydroxylation sites is 1. The van der Waals surface area contributed by atoms with E-state index >= 15 is 0 Å². The van der Waals surface area contributed by atoms with Crippen molar-refractivity contribution < 1.29 is 42.5 Å². The predicted octanol–water partition coefficient (Wildman–Crippen LogP) is 3.00. The number of alkyl halides is 3. The minimum atomic E-state index is -5.08. The number of thiazole rings is 1. The summed E-state index contributed by atoms with van der Waals surface area (Å²) in [5.41, 5.74) is 3.88. The number of carboxylic acid groups (broad SMARTS) is 2. The fourth-order valence-electron chi connectivity index (χ4n) is 2.62. The summed E-state index contributed by atoms with van der Waals surface area (Å²) in [6, 6.07) is 7.78. The van der Waals surface area contributed by atoms with E-state index in [0.29, 0.717) is 23.8 Å². The van der Waals surface area contributed by atoms with E-state index in [2.05, 4.69) is 10.3 Å². The molecule has 1 saturated heterocycles. The third-order valence-electron chi connectivity index (χ3n) is 4.31. The lowest BCUT2D eigenvalue weighted by atomic mass is 10.1. The number of anilines is 2. The molecule has 1 unspecified atom stereocenters. The molecule has 1 amide bonds. The van der Waals surface area contributed by atoms with Gasteiger partial charge in [0.2, 0.25) is 0 Å². The zero-order valence-electron chi connectivity index (χ0n) is 16.8. The number of hydrogen-bond donors (Lipinski definition) is 3. The van der Waals surface area contributed by atoms with Gasteiger partial charge in [0.05, 0.1) is 24.6 Å². The van der Waals surface area contributed by atoms with Crippen LogP contribution in [0.15, 0.2) is 29.8 Å². The summed E-state index contributed by atoms with van der Waals surface area (Å²) in [7, 11) is 0. The summed E-state index contributed by atoms with van der Waals surface area (Å²) >= 11 is 1.34. The van der Waals surface area contributed by atoms with Gasteiger partial charge in [-0.2, -0.15) is 13.2 Å². The molecule has 0 bridgehead atoms. The lowest BCUT2D eigenvalue weighted by Crippen LogP contribution is -2.38. The molecular weight excluding hydrogens is 455 g/mol. The van der Waals surface area contributed by atoms with Gasteiger partial charge in [-0.05, 0) is 18.6 Å².